The lowest BCUT2D eigenvalue weighted by molar-refractivity contribution is 0.112. The zero-order valence-corrected chi connectivity index (χ0v) is 11.2. The monoisotopic (exact) mass is 258 g/mol. The van der Waals surface area contributed by atoms with E-state index >= 15 is 0 Å². The molecule has 0 saturated carbocycles. The highest BCUT2D eigenvalue weighted by Crippen LogP contribution is 2.31. The number of halogens is 1. The summed E-state index contributed by atoms with van der Waals surface area (Å²) in [5, 5.41) is 0. The molecule has 0 radical (unpaired) electrons. The standard InChI is InChI=1S/C16H15FO2/c1-10-6-14(17)7-11(2)16(10)12-4-5-15(19-3)13(8-12)9-18/h4-9H,1-3H3. The Morgan fingerprint density at radius 2 is 1.74 bits per heavy atom. The number of methoxy groups -OCH3 is 1. The number of carbonyl (C=O) groups excluding carboxylic acids is 1. The van der Waals surface area contributed by atoms with Crippen molar-refractivity contribution < 1.29 is 13.9 Å². The number of hydrogen-bond donors (Lipinski definition) is 0. The lowest BCUT2D eigenvalue weighted by Crippen LogP contribution is -1.94. The van der Waals surface area contributed by atoms with Gasteiger partial charge in [-0.3, -0.25) is 4.79 Å². The maximum Gasteiger partial charge on any atom is 0.153 e. The Morgan fingerprint density at radius 3 is 2.26 bits per heavy atom. The van der Waals surface area contributed by atoms with E-state index in [2.05, 4.69) is 0 Å². The van der Waals surface area contributed by atoms with Gasteiger partial charge in [0, 0.05) is 0 Å². The van der Waals surface area contributed by atoms with Gasteiger partial charge in [0.1, 0.15) is 11.6 Å². The summed E-state index contributed by atoms with van der Waals surface area (Å²) < 4.78 is 18.4. The van der Waals surface area contributed by atoms with Crippen molar-refractivity contribution in [1.82, 2.24) is 0 Å². The molecule has 0 amide bonds. The fourth-order valence-corrected chi connectivity index (χ4v) is 2.35. The summed E-state index contributed by atoms with van der Waals surface area (Å²) in [4.78, 5) is 11.1. The maximum atomic E-state index is 13.3. The van der Waals surface area contributed by atoms with Crippen molar-refractivity contribution in [3.05, 3.63) is 52.8 Å². The van der Waals surface area contributed by atoms with Gasteiger partial charge in [-0.15, -0.1) is 0 Å². The molecule has 2 nitrogen and oxygen atoms in total. The second-order valence-corrected chi connectivity index (χ2v) is 4.49. The lowest BCUT2D eigenvalue weighted by atomic mass is 9.94. The number of ether oxygens (including phenoxy) is 1. The third-order valence-electron chi connectivity index (χ3n) is 3.14. The van der Waals surface area contributed by atoms with Crippen LogP contribution in [-0.2, 0) is 0 Å². The first-order valence-electron chi connectivity index (χ1n) is 5.97. The second-order valence-electron chi connectivity index (χ2n) is 4.49. The van der Waals surface area contributed by atoms with Crippen molar-refractivity contribution in [1.29, 1.82) is 0 Å². The third kappa shape index (κ3) is 2.50. The molecule has 2 aromatic rings. The van der Waals surface area contributed by atoms with Crippen molar-refractivity contribution >= 4 is 6.29 Å². The number of aryl methyl sites for hydroxylation is 2. The molecule has 2 aromatic carbocycles. The van der Waals surface area contributed by atoms with Crippen LogP contribution in [-0.4, -0.2) is 13.4 Å². The molecule has 98 valence electrons. The fraction of sp³-hybridized carbons (Fsp3) is 0.188. The summed E-state index contributed by atoms with van der Waals surface area (Å²) >= 11 is 0. The zero-order chi connectivity index (χ0) is 14.0. The van der Waals surface area contributed by atoms with Gasteiger partial charge in [0.25, 0.3) is 0 Å². The summed E-state index contributed by atoms with van der Waals surface area (Å²) in [7, 11) is 1.52. The number of rotatable bonds is 3. The van der Waals surface area contributed by atoms with Crippen LogP contribution in [0.2, 0.25) is 0 Å². The maximum absolute atomic E-state index is 13.3. The number of benzene rings is 2. The normalized spacial score (nSPS) is 10.3. The molecule has 0 aliphatic heterocycles. The zero-order valence-electron chi connectivity index (χ0n) is 11.2. The number of hydrogen-bond acceptors (Lipinski definition) is 2. The van der Waals surface area contributed by atoms with Gasteiger partial charge in [0.05, 0.1) is 12.7 Å². The molecule has 0 aromatic heterocycles. The van der Waals surface area contributed by atoms with Crippen molar-refractivity contribution in [3.63, 3.8) is 0 Å². The minimum atomic E-state index is -0.247. The van der Waals surface area contributed by atoms with Gasteiger partial charge in [-0.2, -0.15) is 0 Å². The highest BCUT2D eigenvalue weighted by Gasteiger charge is 2.10. The van der Waals surface area contributed by atoms with Crippen LogP contribution in [0.1, 0.15) is 21.5 Å². The topological polar surface area (TPSA) is 26.3 Å². The van der Waals surface area contributed by atoms with Crippen molar-refractivity contribution in [2.75, 3.05) is 7.11 Å². The van der Waals surface area contributed by atoms with Crippen LogP contribution in [0.25, 0.3) is 11.1 Å². The minimum Gasteiger partial charge on any atom is -0.496 e. The van der Waals surface area contributed by atoms with E-state index in [1.165, 1.54) is 19.2 Å². The highest BCUT2D eigenvalue weighted by atomic mass is 19.1. The Balaban J connectivity index is 2.63. The molecule has 19 heavy (non-hydrogen) atoms. The molecule has 0 heterocycles. The molecule has 0 aliphatic rings. The lowest BCUT2D eigenvalue weighted by Gasteiger charge is -2.12. The Bertz CT molecular complexity index is 610. The van der Waals surface area contributed by atoms with Crippen LogP contribution in [0, 0.1) is 19.7 Å². The predicted molar refractivity (Wildman–Crippen MR) is 73.2 cm³/mol. The largest absolute Gasteiger partial charge is 0.496 e. The SMILES string of the molecule is COc1ccc(-c2c(C)cc(F)cc2C)cc1C=O. The van der Waals surface area contributed by atoms with Crippen LogP contribution in [0.3, 0.4) is 0 Å². The van der Waals surface area contributed by atoms with Gasteiger partial charge >= 0.3 is 0 Å². The third-order valence-corrected chi connectivity index (χ3v) is 3.14. The molecule has 0 spiro atoms. The average molecular weight is 258 g/mol. The predicted octanol–water partition coefficient (Wildman–Crippen LogP) is 3.93. The van der Waals surface area contributed by atoms with E-state index in [9.17, 15) is 9.18 Å². The van der Waals surface area contributed by atoms with E-state index in [0.29, 0.717) is 11.3 Å². The molecule has 0 fully saturated rings. The Morgan fingerprint density at radius 1 is 1.11 bits per heavy atom. The minimum absolute atomic E-state index is 0.247. The smallest absolute Gasteiger partial charge is 0.153 e. The Kier molecular flexibility index (Phi) is 3.65. The summed E-state index contributed by atoms with van der Waals surface area (Å²) in [6.45, 7) is 3.71. The first-order chi connectivity index (χ1) is 9.06. The van der Waals surface area contributed by atoms with Crippen molar-refractivity contribution in [2.45, 2.75) is 13.8 Å². The molecule has 0 saturated heterocycles. The van der Waals surface area contributed by atoms with Gasteiger partial charge in [0.2, 0.25) is 0 Å². The molecule has 0 unspecified atom stereocenters. The van der Waals surface area contributed by atoms with E-state index in [0.717, 1.165) is 28.5 Å². The van der Waals surface area contributed by atoms with Gasteiger partial charge in [-0.05, 0) is 60.4 Å². The van der Waals surface area contributed by atoms with Gasteiger partial charge in [0.15, 0.2) is 6.29 Å². The highest BCUT2D eigenvalue weighted by molar-refractivity contribution is 5.84. The Labute approximate surface area is 111 Å². The number of aldehydes is 1. The molecular formula is C16H15FO2. The molecule has 0 N–H and O–H groups in total. The van der Waals surface area contributed by atoms with Crippen LogP contribution < -0.4 is 4.74 Å². The van der Waals surface area contributed by atoms with E-state index in [1.807, 2.05) is 19.9 Å². The molecular weight excluding hydrogens is 243 g/mol. The van der Waals surface area contributed by atoms with Gasteiger partial charge in [-0.1, -0.05) is 6.07 Å². The van der Waals surface area contributed by atoms with Crippen LogP contribution in [0.5, 0.6) is 5.75 Å². The summed E-state index contributed by atoms with van der Waals surface area (Å²) in [6.07, 6.45) is 0.760. The molecule has 3 heteroatoms. The first kappa shape index (κ1) is 13.3. The van der Waals surface area contributed by atoms with Crippen molar-refractivity contribution in [3.8, 4) is 16.9 Å². The van der Waals surface area contributed by atoms with Crippen LogP contribution in [0.15, 0.2) is 30.3 Å². The first-order valence-corrected chi connectivity index (χ1v) is 5.97. The van der Waals surface area contributed by atoms with E-state index in [4.69, 9.17) is 4.74 Å². The summed E-state index contributed by atoms with van der Waals surface area (Å²) in [6, 6.07) is 8.37. The summed E-state index contributed by atoms with van der Waals surface area (Å²) in [5.74, 6) is 0.291. The molecule has 0 bridgehead atoms. The average Bonchev–Trinajstić information content (AvgIpc) is 2.37. The number of carbonyl (C=O) groups is 1. The van der Waals surface area contributed by atoms with Gasteiger partial charge in [-0.25, -0.2) is 4.39 Å². The molecule has 0 atom stereocenters. The van der Waals surface area contributed by atoms with E-state index in [1.54, 1.807) is 12.1 Å². The van der Waals surface area contributed by atoms with Crippen LogP contribution >= 0.6 is 0 Å². The second kappa shape index (κ2) is 5.22. The summed E-state index contributed by atoms with van der Waals surface area (Å²) in [5.41, 5.74) is 4.02. The molecule has 2 rings (SSSR count). The quantitative estimate of drug-likeness (QED) is 0.780. The van der Waals surface area contributed by atoms with E-state index < -0.39 is 0 Å². The molecule has 0 aliphatic carbocycles. The van der Waals surface area contributed by atoms with Crippen molar-refractivity contribution in [2.24, 2.45) is 0 Å². The van der Waals surface area contributed by atoms with Gasteiger partial charge < -0.3 is 4.74 Å². The Hall–Kier alpha value is -2.16. The van der Waals surface area contributed by atoms with Crippen LogP contribution in [0.4, 0.5) is 4.39 Å². The van der Waals surface area contributed by atoms with E-state index in [-0.39, 0.29) is 5.82 Å². The fourth-order valence-electron chi connectivity index (χ4n) is 2.35.